The van der Waals surface area contributed by atoms with E-state index in [1.165, 1.54) is 0 Å². The van der Waals surface area contributed by atoms with Crippen LogP contribution in [0.1, 0.15) is 24.6 Å². The summed E-state index contributed by atoms with van der Waals surface area (Å²) in [4.78, 5) is 16.7. The zero-order valence-corrected chi connectivity index (χ0v) is 14.1. The second-order valence-electron chi connectivity index (χ2n) is 6.12. The molecular weight excluding hydrogens is 320 g/mol. The highest BCUT2D eigenvalue weighted by Crippen LogP contribution is 2.37. The molecule has 6 nitrogen and oxygen atoms in total. The van der Waals surface area contributed by atoms with Gasteiger partial charge in [0.05, 0.1) is 24.9 Å². The molecule has 0 saturated heterocycles. The standard InChI is InChI=1S/C19H22N2O4/c1-24-16-7-2-3-8-17(16)25-12-18(23)21-19(13-10-14(22)11-13)15-6-4-5-9-20-15/h2-9,13-14,19,22H,10-12H2,1H3,(H,21,23)/t13?,14?,19-/m1/s1. The quantitative estimate of drug-likeness (QED) is 0.805. The average molecular weight is 342 g/mol. The van der Waals surface area contributed by atoms with Crippen LogP contribution in [-0.4, -0.2) is 35.8 Å². The number of hydrogen-bond acceptors (Lipinski definition) is 5. The lowest BCUT2D eigenvalue weighted by Gasteiger charge is -2.37. The van der Waals surface area contributed by atoms with Gasteiger partial charge in [0.25, 0.3) is 5.91 Å². The third-order valence-electron chi connectivity index (χ3n) is 4.37. The van der Waals surface area contributed by atoms with E-state index in [1.807, 2.05) is 30.3 Å². The molecule has 0 unspecified atom stereocenters. The molecule has 132 valence electrons. The first kappa shape index (κ1) is 17.2. The van der Waals surface area contributed by atoms with Gasteiger partial charge in [-0.2, -0.15) is 0 Å². The number of aromatic nitrogens is 1. The third-order valence-corrected chi connectivity index (χ3v) is 4.37. The average Bonchev–Trinajstić information content (AvgIpc) is 2.63. The minimum absolute atomic E-state index is 0.112. The van der Waals surface area contributed by atoms with Crippen molar-refractivity contribution in [2.45, 2.75) is 25.0 Å². The van der Waals surface area contributed by atoms with Crippen LogP contribution in [0.5, 0.6) is 11.5 Å². The van der Waals surface area contributed by atoms with Crippen LogP contribution < -0.4 is 14.8 Å². The highest BCUT2D eigenvalue weighted by Gasteiger charge is 2.36. The number of amides is 1. The maximum atomic E-state index is 12.4. The Morgan fingerprint density at radius 1 is 1.24 bits per heavy atom. The van der Waals surface area contributed by atoms with Crippen LogP contribution in [0.4, 0.5) is 0 Å². The highest BCUT2D eigenvalue weighted by molar-refractivity contribution is 5.78. The van der Waals surface area contributed by atoms with Crippen molar-refractivity contribution >= 4 is 5.91 Å². The zero-order chi connectivity index (χ0) is 17.6. The number of carbonyl (C=O) groups is 1. The number of rotatable bonds is 7. The number of ether oxygens (including phenoxy) is 2. The van der Waals surface area contributed by atoms with Crippen LogP contribution in [0.2, 0.25) is 0 Å². The van der Waals surface area contributed by atoms with Gasteiger partial charge in [0.1, 0.15) is 0 Å². The lowest BCUT2D eigenvalue weighted by molar-refractivity contribution is -0.125. The largest absolute Gasteiger partial charge is 0.493 e. The summed E-state index contributed by atoms with van der Waals surface area (Å²) in [6.45, 7) is -0.112. The van der Waals surface area contributed by atoms with E-state index >= 15 is 0 Å². The summed E-state index contributed by atoms with van der Waals surface area (Å²) in [5.41, 5.74) is 0.796. The first-order chi connectivity index (χ1) is 12.2. The van der Waals surface area contributed by atoms with E-state index < -0.39 is 0 Å². The fourth-order valence-corrected chi connectivity index (χ4v) is 2.99. The molecule has 1 aliphatic carbocycles. The van der Waals surface area contributed by atoms with Gasteiger partial charge < -0.3 is 19.9 Å². The molecule has 1 atom stereocenters. The Hall–Kier alpha value is -2.60. The molecule has 1 aliphatic rings. The smallest absolute Gasteiger partial charge is 0.258 e. The van der Waals surface area contributed by atoms with Crippen molar-refractivity contribution < 1.29 is 19.4 Å². The predicted octanol–water partition coefficient (Wildman–Crippen LogP) is 2.10. The van der Waals surface area contributed by atoms with Crippen LogP contribution >= 0.6 is 0 Å². The molecule has 25 heavy (non-hydrogen) atoms. The Kier molecular flexibility index (Phi) is 5.50. The molecule has 0 bridgehead atoms. The summed E-state index contributed by atoms with van der Waals surface area (Å²) in [6, 6.07) is 12.6. The Balaban J connectivity index is 1.62. The number of aliphatic hydroxyl groups is 1. The molecule has 6 heteroatoms. The van der Waals surface area contributed by atoms with Crippen molar-refractivity contribution in [2.75, 3.05) is 13.7 Å². The van der Waals surface area contributed by atoms with Gasteiger partial charge in [0, 0.05) is 6.20 Å². The van der Waals surface area contributed by atoms with E-state index in [1.54, 1.807) is 25.4 Å². The summed E-state index contributed by atoms with van der Waals surface area (Å²) < 4.78 is 10.8. The number of aliphatic hydroxyl groups excluding tert-OH is 1. The topological polar surface area (TPSA) is 80.7 Å². The number of methoxy groups -OCH3 is 1. The van der Waals surface area contributed by atoms with E-state index in [2.05, 4.69) is 10.3 Å². The van der Waals surface area contributed by atoms with Crippen LogP contribution in [0, 0.1) is 5.92 Å². The maximum Gasteiger partial charge on any atom is 0.258 e. The van der Waals surface area contributed by atoms with Gasteiger partial charge in [-0.1, -0.05) is 18.2 Å². The fourth-order valence-electron chi connectivity index (χ4n) is 2.99. The molecule has 1 aromatic heterocycles. The number of pyridine rings is 1. The monoisotopic (exact) mass is 342 g/mol. The minimum atomic E-state index is -0.294. The van der Waals surface area contributed by atoms with Gasteiger partial charge in [0.2, 0.25) is 0 Å². The fraction of sp³-hybridized carbons (Fsp3) is 0.368. The normalized spacial score (nSPS) is 20.2. The molecule has 2 N–H and O–H groups in total. The van der Waals surface area contributed by atoms with E-state index in [9.17, 15) is 9.90 Å². The number of benzene rings is 1. The lowest BCUT2D eigenvalue weighted by Crippen LogP contribution is -2.43. The SMILES string of the molecule is COc1ccccc1OCC(=O)N[C@@H](c1ccccn1)C1CC(O)C1. The van der Waals surface area contributed by atoms with E-state index in [0.717, 1.165) is 5.69 Å². The molecule has 1 heterocycles. The lowest BCUT2D eigenvalue weighted by atomic mass is 9.76. The van der Waals surface area contributed by atoms with Crippen LogP contribution in [-0.2, 0) is 4.79 Å². The van der Waals surface area contributed by atoms with Crippen molar-refractivity contribution in [1.82, 2.24) is 10.3 Å². The number of carbonyl (C=O) groups excluding carboxylic acids is 1. The molecule has 0 aliphatic heterocycles. The molecule has 0 radical (unpaired) electrons. The highest BCUT2D eigenvalue weighted by atomic mass is 16.5. The van der Waals surface area contributed by atoms with Gasteiger partial charge in [-0.3, -0.25) is 9.78 Å². The molecule has 2 aromatic rings. The number of hydrogen-bond donors (Lipinski definition) is 2. The summed E-state index contributed by atoms with van der Waals surface area (Å²) in [5.74, 6) is 1.05. The Morgan fingerprint density at radius 3 is 2.60 bits per heavy atom. The zero-order valence-electron chi connectivity index (χ0n) is 14.1. The van der Waals surface area contributed by atoms with Gasteiger partial charge in [-0.05, 0) is 43.0 Å². The van der Waals surface area contributed by atoms with Crippen LogP contribution in [0.15, 0.2) is 48.7 Å². The third kappa shape index (κ3) is 4.28. The molecule has 0 spiro atoms. The molecular formula is C19H22N2O4. The van der Waals surface area contributed by atoms with E-state index in [4.69, 9.17) is 9.47 Å². The van der Waals surface area contributed by atoms with E-state index in [-0.39, 0.29) is 30.6 Å². The molecule has 1 aromatic carbocycles. The predicted molar refractivity (Wildman–Crippen MR) is 92.3 cm³/mol. The maximum absolute atomic E-state index is 12.4. The second-order valence-corrected chi connectivity index (χ2v) is 6.12. The van der Waals surface area contributed by atoms with Gasteiger partial charge in [-0.15, -0.1) is 0 Å². The summed E-state index contributed by atoms with van der Waals surface area (Å²) in [7, 11) is 1.56. The van der Waals surface area contributed by atoms with Crippen molar-refractivity contribution in [1.29, 1.82) is 0 Å². The van der Waals surface area contributed by atoms with Crippen molar-refractivity contribution in [2.24, 2.45) is 5.92 Å². The van der Waals surface area contributed by atoms with Gasteiger partial charge in [-0.25, -0.2) is 0 Å². The van der Waals surface area contributed by atoms with Crippen LogP contribution in [0.25, 0.3) is 0 Å². The number of nitrogens with zero attached hydrogens (tertiary/aromatic N) is 1. The van der Waals surface area contributed by atoms with Crippen molar-refractivity contribution in [3.63, 3.8) is 0 Å². The molecule has 1 saturated carbocycles. The second kappa shape index (κ2) is 7.98. The summed E-state index contributed by atoms with van der Waals surface area (Å²) in [6.07, 6.45) is 2.73. The van der Waals surface area contributed by atoms with E-state index in [0.29, 0.717) is 24.3 Å². The number of para-hydroxylation sites is 2. The van der Waals surface area contributed by atoms with Crippen molar-refractivity contribution in [3.05, 3.63) is 54.4 Å². The Bertz CT molecular complexity index is 702. The molecule has 1 amide bonds. The van der Waals surface area contributed by atoms with Gasteiger partial charge >= 0.3 is 0 Å². The molecule has 1 fully saturated rings. The molecule has 3 rings (SSSR count). The first-order valence-corrected chi connectivity index (χ1v) is 8.31. The Morgan fingerprint density at radius 2 is 1.96 bits per heavy atom. The van der Waals surface area contributed by atoms with Gasteiger partial charge in [0.15, 0.2) is 18.1 Å². The van der Waals surface area contributed by atoms with Crippen LogP contribution in [0.3, 0.4) is 0 Å². The first-order valence-electron chi connectivity index (χ1n) is 8.31. The Labute approximate surface area is 146 Å². The summed E-state index contributed by atoms with van der Waals surface area (Å²) in [5, 5.41) is 12.6. The minimum Gasteiger partial charge on any atom is -0.493 e. The van der Waals surface area contributed by atoms with Crippen molar-refractivity contribution in [3.8, 4) is 11.5 Å². The summed E-state index contributed by atoms with van der Waals surface area (Å²) >= 11 is 0. The number of nitrogens with one attached hydrogen (secondary N) is 1.